The van der Waals surface area contributed by atoms with Crippen LogP contribution in [0.1, 0.15) is 40.5 Å². The minimum absolute atomic E-state index is 0. The highest BCUT2D eigenvalue weighted by Crippen LogP contribution is 2.16. The summed E-state index contributed by atoms with van der Waals surface area (Å²) in [5, 5.41) is 6.18. The summed E-state index contributed by atoms with van der Waals surface area (Å²) in [4.78, 5) is 18.9. The van der Waals surface area contributed by atoms with Crippen molar-refractivity contribution in [3.63, 3.8) is 0 Å². The fourth-order valence-corrected chi connectivity index (χ4v) is 2.10. The highest BCUT2D eigenvalue weighted by Gasteiger charge is 2.27. The van der Waals surface area contributed by atoms with Crippen LogP contribution in [0.2, 0.25) is 0 Å². The largest absolute Gasteiger partial charge is 0.357 e. The van der Waals surface area contributed by atoms with E-state index in [2.05, 4.69) is 27.4 Å². The molecule has 0 unspecified atom stereocenters. The minimum atomic E-state index is -0.462. The van der Waals surface area contributed by atoms with Gasteiger partial charge in [0.2, 0.25) is 5.91 Å². The Hall–Kier alpha value is -0.530. The summed E-state index contributed by atoms with van der Waals surface area (Å²) >= 11 is 0. The van der Waals surface area contributed by atoms with Crippen molar-refractivity contribution in [1.82, 2.24) is 15.5 Å². The fraction of sp³-hybridized carbons (Fsp3) is 0.857. The molecule has 6 heteroatoms. The molecule has 0 aliphatic carbocycles. The zero-order valence-electron chi connectivity index (χ0n) is 13.2. The number of rotatable bonds is 5. The molecule has 0 spiro atoms. The first-order valence-electron chi connectivity index (χ1n) is 7.32. The molecule has 0 radical (unpaired) electrons. The number of guanidine groups is 1. The summed E-state index contributed by atoms with van der Waals surface area (Å²) < 4.78 is 0. The van der Waals surface area contributed by atoms with E-state index in [4.69, 9.17) is 0 Å². The molecule has 118 valence electrons. The molecule has 1 heterocycles. The van der Waals surface area contributed by atoms with Crippen molar-refractivity contribution < 1.29 is 4.79 Å². The zero-order chi connectivity index (χ0) is 14.3. The van der Waals surface area contributed by atoms with Crippen molar-refractivity contribution in [1.29, 1.82) is 0 Å². The van der Waals surface area contributed by atoms with Gasteiger partial charge in [0.25, 0.3) is 0 Å². The second-order valence-corrected chi connectivity index (χ2v) is 5.61. The smallest absolute Gasteiger partial charge is 0.227 e. The maximum absolute atomic E-state index is 11.9. The average molecular weight is 396 g/mol. The lowest BCUT2D eigenvalue weighted by Gasteiger charge is -2.25. The molecule has 0 aromatic rings. The molecule has 0 saturated carbocycles. The van der Waals surface area contributed by atoms with E-state index in [0.717, 1.165) is 25.6 Å². The molecule has 0 aromatic heterocycles. The number of amides is 1. The van der Waals surface area contributed by atoms with Crippen LogP contribution in [0.4, 0.5) is 0 Å². The van der Waals surface area contributed by atoms with Crippen LogP contribution in [0.3, 0.4) is 0 Å². The molecule has 1 rings (SSSR count). The van der Waals surface area contributed by atoms with Crippen molar-refractivity contribution in [2.45, 2.75) is 40.5 Å². The van der Waals surface area contributed by atoms with Gasteiger partial charge in [0.15, 0.2) is 5.96 Å². The quantitative estimate of drug-likeness (QED) is 0.424. The summed E-state index contributed by atoms with van der Waals surface area (Å²) in [5.74, 6) is 1.01. The number of hydrogen-bond acceptors (Lipinski definition) is 2. The van der Waals surface area contributed by atoms with Crippen LogP contribution >= 0.6 is 24.0 Å². The monoisotopic (exact) mass is 396 g/mol. The van der Waals surface area contributed by atoms with E-state index in [0.29, 0.717) is 13.1 Å². The molecule has 1 aliphatic rings. The first-order chi connectivity index (χ1) is 9.01. The molecule has 2 N–H and O–H groups in total. The standard InChI is InChI=1S/C14H28N4O.HI/c1-5-15-12(19)14(3,4)11-17-13(16-6-2)18-9-7-8-10-18;/h5-11H2,1-4H3,(H,15,19)(H,16,17);1H. The molecule has 1 amide bonds. The van der Waals surface area contributed by atoms with Gasteiger partial charge in [-0.1, -0.05) is 0 Å². The first-order valence-corrected chi connectivity index (χ1v) is 7.32. The summed E-state index contributed by atoms with van der Waals surface area (Å²) in [5.41, 5.74) is -0.462. The Morgan fingerprint density at radius 1 is 1.15 bits per heavy atom. The molecule has 1 fully saturated rings. The second-order valence-electron chi connectivity index (χ2n) is 5.61. The SMILES string of the molecule is CCNC(=O)C(C)(C)CN=C(NCC)N1CCCC1.I. The van der Waals surface area contributed by atoms with Crippen LogP contribution in [0.5, 0.6) is 0 Å². The zero-order valence-corrected chi connectivity index (χ0v) is 15.5. The van der Waals surface area contributed by atoms with E-state index in [9.17, 15) is 4.79 Å². The summed E-state index contributed by atoms with van der Waals surface area (Å²) in [6, 6.07) is 0. The predicted octanol–water partition coefficient (Wildman–Crippen LogP) is 1.83. The van der Waals surface area contributed by atoms with E-state index in [1.54, 1.807) is 0 Å². The second kappa shape index (κ2) is 9.41. The van der Waals surface area contributed by atoms with Gasteiger partial charge in [-0.2, -0.15) is 0 Å². The molecule has 0 aromatic carbocycles. The van der Waals surface area contributed by atoms with Gasteiger partial charge in [0, 0.05) is 26.2 Å². The van der Waals surface area contributed by atoms with Crippen LogP contribution in [0.15, 0.2) is 4.99 Å². The Labute approximate surface area is 140 Å². The van der Waals surface area contributed by atoms with Gasteiger partial charge in [-0.25, -0.2) is 0 Å². The number of likely N-dealkylation sites (tertiary alicyclic amines) is 1. The summed E-state index contributed by atoms with van der Waals surface area (Å²) in [6.07, 6.45) is 2.45. The number of nitrogens with zero attached hydrogens (tertiary/aromatic N) is 2. The molecule has 20 heavy (non-hydrogen) atoms. The number of aliphatic imine (C=N–C) groups is 1. The number of nitrogens with one attached hydrogen (secondary N) is 2. The van der Waals surface area contributed by atoms with E-state index >= 15 is 0 Å². The van der Waals surface area contributed by atoms with Crippen molar-refractivity contribution in [2.75, 3.05) is 32.7 Å². The number of halogens is 1. The van der Waals surface area contributed by atoms with Crippen molar-refractivity contribution in [3.05, 3.63) is 0 Å². The first kappa shape index (κ1) is 19.5. The molecule has 1 aliphatic heterocycles. The topological polar surface area (TPSA) is 56.7 Å². The van der Waals surface area contributed by atoms with Gasteiger partial charge in [-0.3, -0.25) is 9.79 Å². The lowest BCUT2D eigenvalue weighted by molar-refractivity contribution is -0.128. The lowest BCUT2D eigenvalue weighted by Crippen LogP contribution is -2.42. The van der Waals surface area contributed by atoms with Crippen LogP contribution < -0.4 is 10.6 Å². The number of carbonyl (C=O) groups is 1. The maximum Gasteiger partial charge on any atom is 0.227 e. The van der Waals surface area contributed by atoms with E-state index in [-0.39, 0.29) is 29.9 Å². The van der Waals surface area contributed by atoms with Gasteiger partial charge in [-0.05, 0) is 40.5 Å². The van der Waals surface area contributed by atoms with E-state index < -0.39 is 5.41 Å². The number of hydrogen-bond donors (Lipinski definition) is 2. The maximum atomic E-state index is 11.9. The van der Waals surface area contributed by atoms with E-state index in [1.807, 2.05) is 20.8 Å². The summed E-state index contributed by atoms with van der Waals surface area (Å²) in [7, 11) is 0. The Morgan fingerprint density at radius 3 is 2.20 bits per heavy atom. The van der Waals surface area contributed by atoms with Gasteiger partial charge < -0.3 is 15.5 Å². The van der Waals surface area contributed by atoms with Gasteiger partial charge >= 0.3 is 0 Å². The van der Waals surface area contributed by atoms with Crippen molar-refractivity contribution in [2.24, 2.45) is 10.4 Å². The van der Waals surface area contributed by atoms with Gasteiger partial charge in [0.05, 0.1) is 12.0 Å². The predicted molar refractivity (Wildman–Crippen MR) is 94.7 cm³/mol. The van der Waals surface area contributed by atoms with Gasteiger partial charge in [-0.15, -0.1) is 24.0 Å². The molecule has 5 nitrogen and oxygen atoms in total. The Morgan fingerprint density at radius 2 is 1.70 bits per heavy atom. The Balaban J connectivity index is 0.00000361. The Bertz CT molecular complexity index is 325. The van der Waals surface area contributed by atoms with Crippen LogP contribution in [-0.2, 0) is 4.79 Å². The van der Waals surface area contributed by atoms with Crippen molar-refractivity contribution in [3.8, 4) is 0 Å². The lowest BCUT2D eigenvalue weighted by atomic mass is 9.92. The Kier molecular flexibility index (Phi) is 9.16. The van der Waals surface area contributed by atoms with Crippen LogP contribution in [0.25, 0.3) is 0 Å². The minimum Gasteiger partial charge on any atom is -0.357 e. The third-order valence-electron chi connectivity index (χ3n) is 3.32. The van der Waals surface area contributed by atoms with Crippen molar-refractivity contribution >= 4 is 35.8 Å². The third kappa shape index (κ3) is 5.85. The molecule has 0 bridgehead atoms. The molecular formula is C14H29IN4O. The van der Waals surface area contributed by atoms with Gasteiger partial charge in [0.1, 0.15) is 0 Å². The third-order valence-corrected chi connectivity index (χ3v) is 3.32. The number of carbonyl (C=O) groups excluding carboxylic acids is 1. The summed E-state index contributed by atoms with van der Waals surface area (Å²) in [6.45, 7) is 12.0. The van der Waals surface area contributed by atoms with Crippen LogP contribution in [0, 0.1) is 5.41 Å². The average Bonchev–Trinajstić information content (AvgIpc) is 2.88. The molecule has 1 saturated heterocycles. The molecule has 0 atom stereocenters. The fourth-order valence-electron chi connectivity index (χ4n) is 2.10. The van der Waals surface area contributed by atoms with Crippen LogP contribution in [-0.4, -0.2) is 49.5 Å². The highest BCUT2D eigenvalue weighted by molar-refractivity contribution is 14.0. The highest BCUT2D eigenvalue weighted by atomic mass is 127. The van der Waals surface area contributed by atoms with E-state index in [1.165, 1.54) is 12.8 Å². The molecular weight excluding hydrogens is 367 g/mol. The normalized spacial score (nSPS) is 15.8.